The average Bonchev–Trinajstić information content (AvgIpc) is 2.46. The predicted octanol–water partition coefficient (Wildman–Crippen LogP) is 4.67. The molecule has 0 unspecified atom stereocenters. The van der Waals surface area contributed by atoms with Gasteiger partial charge in [-0.15, -0.1) is 0 Å². The average molecular weight is 318 g/mol. The summed E-state index contributed by atoms with van der Waals surface area (Å²) in [5.41, 5.74) is 4.02. The van der Waals surface area contributed by atoms with Crippen molar-refractivity contribution in [2.24, 2.45) is 0 Å². The van der Waals surface area contributed by atoms with Crippen LogP contribution in [0.4, 0.5) is 5.69 Å². The van der Waals surface area contributed by atoms with Crippen LogP contribution in [-0.2, 0) is 4.79 Å². The number of rotatable bonds is 4. The minimum atomic E-state index is -0.587. The second-order valence-electron chi connectivity index (χ2n) is 5.46. The van der Waals surface area contributed by atoms with E-state index in [1.807, 2.05) is 26.8 Å². The number of hydrogen-bond acceptors (Lipinski definition) is 2. The van der Waals surface area contributed by atoms with E-state index in [-0.39, 0.29) is 5.91 Å². The third-order valence-corrected chi connectivity index (χ3v) is 3.80. The Labute approximate surface area is 136 Å². The van der Waals surface area contributed by atoms with Gasteiger partial charge in [0, 0.05) is 10.7 Å². The van der Waals surface area contributed by atoms with Crippen LogP contribution in [0, 0.1) is 20.8 Å². The van der Waals surface area contributed by atoms with E-state index < -0.39 is 6.10 Å². The molecule has 0 saturated heterocycles. The van der Waals surface area contributed by atoms with Crippen molar-refractivity contribution in [3.8, 4) is 5.75 Å². The Morgan fingerprint density at radius 1 is 1.14 bits per heavy atom. The second kappa shape index (κ2) is 6.84. The van der Waals surface area contributed by atoms with Crippen LogP contribution in [-0.4, -0.2) is 12.0 Å². The van der Waals surface area contributed by atoms with Crippen molar-refractivity contribution in [3.63, 3.8) is 0 Å². The van der Waals surface area contributed by atoms with Crippen molar-refractivity contribution in [2.75, 3.05) is 5.32 Å². The fourth-order valence-corrected chi connectivity index (χ4v) is 2.27. The normalized spacial score (nSPS) is 11.9. The molecule has 0 saturated carbocycles. The summed E-state index contributed by atoms with van der Waals surface area (Å²) in [6.07, 6.45) is -0.587. The number of nitrogens with one attached hydrogen (secondary N) is 1. The number of hydrogen-bond donors (Lipinski definition) is 1. The van der Waals surface area contributed by atoms with Crippen molar-refractivity contribution in [3.05, 3.63) is 58.1 Å². The number of halogens is 1. The van der Waals surface area contributed by atoms with Gasteiger partial charge >= 0.3 is 0 Å². The lowest BCUT2D eigenvalue weighted by molar-refractivity contribution is -0.122. The number of carbonyl (C=O) groups is 1. The highest BCUT2D eigenvalue weighted by molar-refractivity contribution is 6.30. The van der Waals surface area contributed by atoms with Crippen molar-refractivity contribution in [1.82, 2.24) is 0 Å². The van der Waals surface area contributed by atoms with Gasteiger partial charge in [-0.1, -0.05) is 17.7 Å². The number of aryl methyl sites for hydroxylation is 2. The maximum atomic E-state index is 12.2. The highest BCUT2D eigenvalue weighted by Gasteiger charge is 2.16. The van der Waals surface area contributed by atoms with Crippen LogP contribution in [0.15, 0.2) is 36.4 Å². The standard InChI is InChI=1S/C18H20ClNO2/c1-11-9-12(2)13(3)17(10-11)22-14(4)18(21)20-16-7-5-15(19)6-8-16/h5-10,14H,1-4H3,(H,20,21)/t14-/m0/s1. The number of benzene rings is 2. The van der Waals surface area contributed by atoms with Gasteiger partial charge in [0.25, 0.3) is 5.91 Å². The van der Waals surface area contributed by atoms with Crippen LogP contribution < -0.4 is 10.1 Å². The molecule has 3 nitrogen and oxygen atoms in total. The maximum Gasteiger partial charge on any atom is 0.265 e. The molecule has 2 aromatic carbocycles. The fourth-order valence-electron chi connectivity index (χ4n) is 2.14. The maximum absolute atomic E-state index is 12.2. The molecule has 0 radical (unpaired) electrons. The Hall–Kier alpha value is -2.00. The van der Waals surface area contributed by atoms with Gasteiger partial charge in [-0.3, -0.25) is 4.79 Å². The molecule has 1 N–H and O–H groups in total. The smallest absolute Gasteiger partial charge is 0.265 e. The monoisotopic (exact) mass is 317 g/mol. The van der Waals surface area contributed by atoms with Crippen molar-refractivity contribution < 1.29 is 9.53 Å². The van der Waals surface area contributed by atoms with Crippen molar-refractivity contribution in [1.29, 1.82) is 0 Å². The van der Waals surface area contributed by atoms with Gasteiger partial charge in [0.05, 0.1) is 0 Å². The molecule has 0 aromatic heterocycles. The lowest BCUT2D eigenvalue weighted by Gasteiger charge is -2.18. The highest BCUT2D eigenvalue weighted by atomic mass is 35.5. The molecule has 0 aliphatic rings. The molecule has 0 heterocycles. The summed E-state index contributed by atoms with van der Waals surface area (Å²) in [4.78, 5) is 12.2. The summed E-state index contributed by atoms with van der Waals surface area (Å²) in [6.45, 7) is 7.78. The van der Waals surface area contributed by atoms with E-state index in [4.69, 9.17) is 16.3 Å². The lowest BCUT2D eigenvalue weighted by Crippen LogP contribution is -2.30. The van der Waals surface area contributed by atoms with E-state index in [1.165, 1.54) is 0 Å². The van der Waals surface area contributed by atoms with Gasteiger partial charge in [-0.2, -0.15) is 0 Å². The molecule has 116 valence electrons. The van der Waals surface area contributed by atoms with E-state index in [0.717, 1.165) is 22.4 Å². The Balaban J connectivity index is 2.07. The minimum absolute atomic E-state index is 0.194. The summed E-state index contributed by atoms with van der Waals surface area (Å²) >= 11 is 5.83. The van der Waals surface area contributed by atoms with Crippen molar-refractivity contribution >= 4 is 23.2 Å². The summed E-state index contributed by atoms with van der Waals surface area (Å²) in [6, 6.07) is 11.0. The first-order valence-electron chi connectivity index (χ1n) is 7.18. The lowest BCUT2D eigenvalue weighted by atomic mass is 10.1. The first-order valence-corrected chi connectivity index (χ1v) is 7.55. The first-order chi connectivity index (χ1) is 10.4. The largest absolute Gasteiger partial charge is 0.481 e. The summed E-state index contributed by atoms with van der Waals surface area (Å²) in [5.74, 6) is 0.553. The molecule has 4 heteroatoms. The van der Waals surface area contributed by atoms with Gasteiger partial charge in [0.2, 0.25) is 0 Å². The van der Waals surface area contributed by atoms with Crippen LogP contribution in [0.5, 0.6) is 5.75 Å². The molecule has 2 aromatic rings. The molecule has 1 atom stereocenters. The van der Waals surface area contributed by atoms with Crippen molar-refractivity contribution in [2.45, 2.75) is 33.8 Å². The van der Waals surface area contributed by atoms with E-state index in [2.05, 4.69) is 11.4 Å². The Morgan fingerprint density at radius 2 is 1.77 bits per heavy atom. The zero-order chi connectivity index (χ0) is 16.3. The minimum Gasteiger partial charge on any atom is -0.481 e. The van der Waals surface area contributed by atoms with Crippen LogP contribution in [0.2, 0.25) is 5.02 Å². The Kier molecular flexibility index (Phi) is 5.09. The van der Waals surface area contributed by atoms with Crippen LogP contribution in [0.1, 0.15) is 23.6 Å². The Morgan fingerprint density at radius 3 is 2.41 bits per heavy atom. The van der Waals surface area contributed by atoms with Gasteiger partial charge in [-0.05, 0) is 74.7 Å². The molecule has 0 aliphatic carbocycles. The summed E-state index contributed by atoms with van der Waals surface area (Å²) < 4.78 is 5.83. The third-order valence-electron chi connectivity index (χ3n) is 3.55. The number of carbonyl (C=O) groups excluding carboxylic acids is 1. The first kappa shape index (κ1) is 16.4. The van der Waals surface area contributed by atoms with E-state index in [0.29, 0.717) is 10.7 Å². The molecule has 0 fully saturated rings. The van der Waals surface area contributed by atoms with Gasteiger partial charge in [0.1, 0.15) is 5.75 Å². The number of amides is 1. The van der Waals surface area contributed by atoms with Crippen LogP contribution in [0.25, 0.3) is 0 Å². The van der Waals surface area contributed by atoms with E-state index in [1.54, 1.807) is 31.2 Å². The van der Waals surface area contributed by atoms with Gasteiger partial charge in [-0.25, -0.2) is 0 Å². The SMILES string of the molecule is Cc1cc(C)c(C)c(O[C@@H](C)C(=O)Nc2ccc(Cl)cc2)c1. The second-order valence-corrected chi connectivity index (χ2v) is 5.90. The Bertz CT molecular complexity index is 680. The molecule has 22 heavy (non-hydrogen) atoms. The summed E-state index contributed by atoms with van der Waals surface area (Å²) in [7, 11) is 0. The highest BCUT2D eigenvalue weighted by Crippen LogP contribution is 2.24. The van der Waals surface area contributed by atoms with Crippen LogP contribution >= 0.6 is 11.6 Å². The zero-order valence-electron chi connectivity index (χ0n) is 13.2. The number of ether oxygens (including phenoxy) is 1. The fraction of sp³-hybridized carbons (Fsp3) is 0.278. The molecular weight excluding hydrogens is 298 g/mol. The summed E-state index contributed by atoms with van der Waals surface area (Å²) in [5, 5.41) is 3.45. The van der Waals surface area contributed by atoms with Gasteiger partial charge < -0.3 is 10.1 Å². The van der Waals surface area contributed by atoms with E-state index >= 15 is 0 Å². The molecule has 2 rings (SSSR count). The zero-order valence-corrected chi connectivity index (χ0v) is 14.0. The predicted molar refractivity (Wildman–Crippen MR) is 90.8 cm³/mol. The number of anilines is 1. The molecular formula is C18H20ClNO2. The quantitative estimate of drug-likeness (QED) is 0.889. The van der Waals surface area contributed by atoms with E-state index in [9.17, 15) is 4.79 Å². The topological polar surface area (TPSA) is 38.3 Å². The van der Waals surface area contributed by atoms with Crippen LogP contribution in [0.3, 0.4) is 0 Å². The third kappa shape index (κ3) is 4.01. The molecule has 1 amide bonds. The molecule has 0 spiro atoms. The van der Waals surface area contributed by atoms with Gasteiger partial charge in [0.15, 0.2) is 6.10 Å². The molecule has 0 bridgehead atoms. The molecule has 0 aliphatic heterocycles.